The number of hydrogen-bond donors (Lipinski definition) is 0. The van der Waals surface area contributed by atoms with Crippen molar-refractivity contribution in [2.75, 3.05) is 0 Å². The Morgan fingerprint density at radius 2 is 2.19 bits per heavy atom. The van der Waals surface area contributed by atoms with Gasteiger partial charge in [-0.2, -0.15) is 5.26 Å². The molecule has 1 rings (SSSR count). The highest BCUT2D eigenvalue weighted by Gasteiger charge is 2.09. The third-order valence-corrected chi connectivity index (χ3v) is 3.26. The Bertz CT molecular complexity index is 457. The lowest BCUT2D eigenvalue weighted by Crippen LogP contribution is -1.89. The zero-order valence-electron chi connectivity index (χ0n) is 9.35. The molecule has 0 bridgehead atoms. The van der Waals surface area contributed by atoms with Gasteiger partial charge in [0.25, 0.3) is 0 Å². The quantitative estimate of drug-likeness (QED) is 0.718. The molecule has 0 aromatic heterocycles. The highest BCUT2D eigenvalue weighted by Crippen LogP contribution is 2.30. The van der Waals surface area contributed by atoms with Crippen LogP contribution in [0.15, 0.2) is 28.2 Å². The van der Waals surface area contributed by atoms with Crippen LogP contribution < -0.4 is 0 Å². The SMILES string of the molecule is CCCC(C#N)=C(Cl)c1cc(Br)ccc1C. The Labute approximate surface area is 110 Å². The standard InChI is InChI=1S/C13H13BrClN/c1-3-4-10(8-16)13(15)12-7-11(14)6-5-9(12)2/h5-7H,3-4H2,1-2H3. The van der Waals surface area contributed by atoms with Crippen LogP contribution in [0.4, 0.5) is 0 Å². The van der Waals surface area contributed by atoms with Gasteiger partial charge in [-0.1, -0.05) is 46.9 Å². The number of hydrogen-bond acceptors (Lipinski definition) is 1. The Kier molecular flexibility index (Phi) is 5.05. The van der Waals surface area contributed by atoms with Gasteiger partial charge in [0, 0.05) is 10.0 Å². The molecular weight excluding hydrogens is 286 g/mol. The summed E-state index contributed by atoms with van der Waals surface area (Å²) < 4.78 is 0.972. The van der Waals surface area contributed by atoms with Crippen molar-refractivity contribution < 1.29 is 0 Å². The molecule has 0 amide bonds. The second-order valence-electron chi connectivity index (χ2n) is 3.61. The molecule has 16 heavy (non-hydrogen) atoms. The van der Waals surface area contributed by atoms with Crippen LogP contribution in [-0.2, 0) is 0 Å². The number of nitrogens with zero attached hydrogens (tertiary/aromatic N) is 1. The summed E-state index contributed by atoms with van der Waals surface area (Å²) in [5.41, 5.74) is 2.67. The Morgan fingerprint density at radius 1 is 1.50 bits per heavy atom. The minimum Gasteiger partial charge on any atom is -0.193 e. The largest absolute Gasteiger partial charge is 0.193 e. The summed E-state index contributed by atoms with van der Waals surface area (Å²) in [4.78, 5) is 0. The second-order valence-corrected chi connectivity index (χ2v) is 4.91. The van der Waals surface area contributed by atoms with Gasteiger partial charge in [-0.3, -0.25) is 0 Å². The first-order valence-electron chi connectivity index (χ1n) is 5.15. The van der Waals surface area contributed by atoms with Gasteiger partial charge in [-0.05, 0) is 36.6 Å². The van der Waals surface area contributed by atoms with Gasteiger partial charge < -0.3 is 0 Å². The van der Waals surface area contributed by atoms with Gasteiger partial charge in [0.2, 0.25) is 0 Å². The second kappa shape index (κ2) is 6.08. The van der Waals surface area contributed by atoms with Gasteiger partial charge in [0.15, 0.2) is 0 Å². The molecule has 0 aliphatic heterocycles. The molecule has 84 valence electrons. The average molecular weight is 299 g/mol. The van der Waals surface area contributed by atoms with Crippen molar-refractivity contribution >= 4 is 32.6 Å². The van der Waals surface area contributed by atoms with Crippen LogP contribution in [0, 0.1) is 18.3 Å². The smallest absolute Gasteiger partial charge is 0.0962 e. The maximum Gasteiger partial charge on any atom is 0.0962 e. The van der Waals surface area contributed by atoms with Gasteiger partial charge >= 0.3 is 0 Å². The van der Waals surface area contributed by atoms with E-state index in [2.05, 4.69) is 22.0 Å². The molecule has 0 atom stereocenters. The van der Waals surface area contributed by atoms with E-state index in [1.165, 1.54) is 0 Å². The van der Waals surface area contributed by atoms with Crippen molar-refractivity contribution in [1.29, 1.82) is 5.26 Å². The van der Waals surface area contributed by atoms with E-state index in [4.69, 9.17) is 16.9 Å². The van der Waals surface area contributed by atoms with Gasteiger partial charge in [-0.25, -0.2) is 0 Å². The maximum atomic E-state index is 9.05. The molecule has 0 N–H and O–H groups in total. The summed E-state index contributed by atoms with van der Waals surface area (Å²) in [7, 11) is 0. The van der Waals surface area contributed by atoms with E-state index in [0.29, 0.717) is 10.6 Å². The summed E-state index contributed by atoms with van der Waals surface area (Å²) in [5.74, 6) is 0. The first-order chi connectivity index (χ1) is 7.60. The number of nitriles is 1. The fourth-order valence-electron chi connectivity index (χ4n) is 1.46. The predicted molar refractivity (Wildman–Crippen MR) is 72.2 cm³/mol. The monoisotopic (exact) mass is 297 g/mol. The van der Waals surface area contributed by atoms with E-state index in [1.54, 1.807) is 0 Å². The number of halogens is 2. The zero-order chi connectivity index (χ0) is 12.1. The van der Waals surface area contributed by atoms with Gasteiger partial charge in [0.05, 0.1) is 11.1 Å². The molecule has 1 nitrogen and oxygen atoms in total. The molecule has 1 aromatic rings. The third kappa shape index (κ3) is 3.10. The van der Waals surface area contributed by atoms with Crippen LogP contribution >= 0.6 is 27.5 Å². The third-order valence-electron chi connectivity index (χ3n) is 2.34. The summed E-state index contributed by atoms with van der Waals surface area (Å²) in [6.07, 6.45) is 1.65. The van der Waals surface area contributed by atoms with E-state index in [1.807, 2.05) is 32.0 Å². The molecular formula is C13H13BrClN. The summed E-state index contributed by atoms with van der Waals surface area (Å²) in [6.45, 7) is 4.03. The molecule has 0 unspecified atom stereocenters. The summed E-state index contributed by atoms with van der Waals surface area (Å²) in [5, 5.41) is 9.62. The van der Waals surface area contributed by atoms with Crippen LogP contribution in [0.25, 0.3) is 5.03 Å². The van der Waals surface area contributed by atoms with Gasteiger partial charge in [-0.15, -0.1) is 0 Å². The lowest BCUT2D eigenvalue weighted by atomic mass is 10.0. The molecule has 3 heteroatoms. The van der Waals surface area contributed by atoms with Crippen LogP contribution in [0.2, 0.25) is 0 Å². The first kappa shape index (κ1) is 13.3. The molecule has 0 saturated heterocycles. The normalized spacial score (nSPS) is 11.9. The van der Waals surface area contributed by atoms with E-state index >= 15 is 0 Å². The average Bonchev–Trinajstić information content (AvgIpc) is 2.28. The minimum absolute atomic E-state index is 0.572. The molecule has 0 spiro atoms. The lowest BCUT2D eigenvalue weighted by molar-refractivity contribution is 0.933. The molecule has 0 heterocycles. The van der Waals surface area contributed by atoms with Crippen molar-refractivity contribution in [2.45, 2.75) is 26.7 Å². The van der Waals surface area contributed by atoms with Crippen LogP contribution in [-0.4, -0.2) is 0 Å². The summed E-state index contributed by atoms with van der Waals surface area (Å²) in [6, 6.07) is 8.09. The number of benzene rings is 1. The minimum atomic E-state index is 0.572. The van der Waals surface area contributed by atoms with Crippen LogP contribution in [0.5, 0.6) is 0 Å². The Morgan fingerprint density at radius 3 is 2.75 bits per heavy atom. The Balaban J connectivity index is 3.27. The number of allylic oxidation sites excluding steroid dienone is 1. The molecule has 0 radical (unpaired) electrons. The highest BCUT2D eigenvalue weighted by atomic mass is 79.9. The first-order valence-corrected chi connectivity index (χ1v) is 6.32. The predicted octanol–water partition coefficient (Wildman–Crippen LogP) is 5.03. The van der Waals surface area contributed by atoms with E-state index in [-0.39, 0.29) is 0 Å². The van der Waals surface area contributed by atoms with Crippen molar-refractivity contribution in [3.05, 3.63) is 39.4 Å². The molecule has 0 aliphatic rings. The zero-order valence-corrected chi connectivity index (χ0v) is 11.7. The molecule has 0 aliphatic carbocycles. The van der Waals surface area contributed by atoms with Crippen molar-refractivity contribution in [2.24, 2.45) is 0 Å². The highest BCUT2D eigenvalue weighted by molar-refractivity contribution is 9.10. The number of rotatable bonds is 3. The molecule has 1 aromatic carbocycles. The lowest BCUT2D eigenvalue weighted by Gasteiger charge is -2.07. The Hall–Kier alpha value is -0.780. The topological polar surface area (TPSA) is 23.8 Å². The van der Waals surface area contributed by atoms with Crippen molar-refractivity contribution in [3.63, 3.8) is 0 Å². The fraction of sp³-hybridized carbons (Fsp3) is 0.308. The molecule has 0 fully saturated rings. The molecule has 0 saturated carbocycles. The van der Waals surface area contributed by atoms with E-state index in [0.717, 1.165) is 28.4 Å². The fourth-order valence-corrected chi connectivity index (χ4v) is 2.16. The van der Waals surface area contributed by atoms with Gasteiger partial charge in [0.1, 0.15) is 0 Å². The van der Waals surface area contributed by atoms with Crippen LogP contribution in [0.1, 0.15) is 30.9 Å². The maximum absolute atomic E-state index is 9.05. The van der Waals surface area contributed by atoms with Crippen molar-refractivity contribution in [3.8, 4) is 6.07 Å². The van der Waals surface area contributed by atoms with E-state index in [9.17, 15) is 0 Å². The number of aryl methyl sites for hydroxylation is 1. The van der Waals surface area contributed by atoms with Crippen LogP contribution in [0.3, 0.4) is 0 Å². The van der Waals surface area contributed by atoms with E-state index < -0.39 is 0 Å². The summed E-state index contributed by atoms with van der Waals surface area (Å²) >= 11 is 9.68. The van der Waals surface area contributed by atoms with Crippen molar-refractivity contribution in [1.82, 2.24) is 0 Å².